The third kappa shape index (κ3) is 1.06. The van der Waals surface area contributed by atoms with Crippen molar-refractivity contribution in [2.24, 2.45) is 0 Å². The minimum atomic E-state index is 1.01. The molecule has 1 heterocycles. The highest BCUT2D eigenvalue weighted by molar-refractivity contribution is 5.91. The predicted molar refractivity (Wildman–Crippen MR) is 58.1 cm³/mol. The van der Waals surface area contributed by atoms with Crippen LogP contribution in [0.1, 0.15) is 0 Å². The lowest BCUT2D eigenvalue weighted by molar-refractivity contribution is 1.50. The largest absolute Gasteiger partial charge is 0.248 e. The monoisotopic (exact) mass is 178 g/mol. The Labute approximate surface area is 82.0 Å². The SMILES string of the molecule is [c]1c2ccccc2nc2ccccc12. The minimum absolute atomic E-state index is 1.01. The molecule has 1 radical (unpaired) electrons. The van der Waals surface area contributed by atoms with Crippen molar-refractivity contribution in [1.29, 1.82) is 0 Å². The second-order valence-electron chi connectivity index (χ2n) is 3.27. The number of pyridine rings is 1. The first kappa shape index (κ1) is 7.51. The lowest BCUT2D eigenvalue weighted by Crippen LogP contribution is -1.81. The molecule has 1 nitrogen and oxygen atoms in total. The van der Waals surface area contributed by atoms with Crippen molar-refractivity contribution < 1.29 is 0 Å². The van der Waals surface area contributed by atoms with Crippen molar-refractivity contribution in [3.05, 3.63) is 54.6 Å². The van der Waals surface area contributed by atoms with Gasteiger partial charge in [0.2, 0.25) is 0 Å². The molecule has 0 aliphatic carbocycles. The van der Waals surface area contributed by atoms with E-state index in [1.165, 1.54) is 0 Å². The summed E-state index contributed by atoms with van der Waals surface area (Å²) >= 11 is 0. The van der Waals surface area contributed by atoms with Crippen LogP contribution in [-0.2, 0) is 0 Å². The van der Waals surface area contributed by atoms with Crippen molar-refractivity contribution in [2.75, 3.05) is 0 Å². The van der Waals surface area contributed by atoms with Gasteiger partial charge in [0, 0.05) is 16.8 Å². The van der Waals surface area contributed by atoms with E-state index in [2.05, 4.69) is 11.1 Å². The predicted octanol–water partition coefficient (Wildman–Crippen LogP) is 3.19. The van der Waals surface area contributed by atoms with E-state index in [0.29, 0.717) is 0 Å². The second kappa shape index (κ2) is 2.81. The Balaban J connectivity index is 2.52. The zero-order valence-electron chi connectivity index (χ0n) is 7.57. The molecule has 0 bridgehead atoms. The number of hydrogen-bond donors (Lipinski definition) is 0. The first-order valence-corrected chi connectivity index (χ1v) is 4.60. The second-order valence-corrected chi connectivity index (χ2v) is 3.27. The van der Waals surface area contributed by atoms with Crippen molar-refractivity contribution in [2.45, 2.75) is 0 Å². The highest BCUT2D eigenvalue weighted by atomic mass is 14.7. The Morgan fingerprint density at radius 1 is 0.714 bits per heavy atom. The third-order valence-electron chi connectivity index (χ3n) is 2.32. The summed E-state index contributed by atoms with van der Waals surface area (Å²) in [5.41, 5.74) is 2.01. The third-order valence-corrected chi connectivity index (χ3v) is 2.32. The zero-order chi connectivity index (χ0) is 9.38. The van der Waals surface area contributed by atoms with E-state index in [-0.39, 0.29) is 0 Å². The van der Waals surface area contributed by atoms with Gasteiger partial charge in [-0.2, -0.15) is 0 Å². The first-order valence-electron chi connectivity index (χ1n) is 4.60. The summed E-state index contributed by atoms with van der Waals surface area (Å²) in [5, 5.41) is 2.15. The maximum absolute atomic E-state index is 4.55. The molecule has 0 aliphatic heterocycles. The van der Waals surface area contributed by atoms with Crippen LogP contribution >= 0.6 is 0 Å². The molecule has 0 spiro atoms. The molecule has 0 atom stereocenters. The summed E-state index contributed by atoms with van der Waals surface area (Å²) in [6, 6.07) is 19.5. The number of para-hydroxylation sites is 2. The van der Waals surface area contributed by atoms with Gasteiger partial charge in [-0.15, -0.1) is 0 Å². The highest BCUT2D eigenvalue weighted by Gasteiger charge is 1.97. The van der Waals surface area contributed by atoms with Crippen molar-refractivity contribution in [3.8, 4) is 0 Å². The van der Waals surface area contributed by atoms with Gasteiger partial charge >= 0.3 is 0 Å². The number of hydrogen-bond acceptors (Lipinski definition) is 1. The molecule has 1 heteroatoms. The Morgan fingerprint density at radius 2 is 1.21 bits per heavy atom. The lowest BCUT2D eigenvalue weighted by atomic mass is 10.1. The normalized spacial score (nSPS) is 10.9. The molecule has 0 aliphatic rings. The van der Waals surface area contributed by atoms with Crippen LogP contribution in [0.15, 0.2) is 48.5 Å². The minimum Gasteiger partial charge on any atom is -0.248 e. The average molecular weight is 178 g/mol. The van der Waals surface area contributed by atoms with Crippen LogP contribution in [-0.4, -0.2) is 4.98 Å². The highest BCUT2D eigenvalue weighted by Crippen LogP contribution is 2.17. The van der Waals surface area contributed by atoms with Crippen LogP contribution in [0, 0.1) is 6.07 Å². The first-order chi connectivity index (χ1) is 6.93. The zero-order valence-corrected chi connectivity index (χ0v) is 7.57. The summed E-state index contributed by atoms with van der Waals surface area (Å²) in [7, 11) is 0. The molecule has 0 amide bonds. The van der Waals surface area contributed by atoms with Crippen LogP contribution in [0.2, 0.25) is 0 Å². The van der Waals surface area contributed by atoms with Gasteiger partial charge in [0.05, 0.1) is 11.0 Å². The molecular formula is C13H8N. The molecule has 0 unspecified atom stereocenters. The van der Waals surface area contributed by atoms with Gasteiger partial charge in [-0.05, 0) is 12.1 Å². The summed E-state index contributed by atoms with van der Waals surface area (Å²) < 4.78 is 0. The molecule has 65 valence electrons. The fourth-order valence-electron chi connectivity index (χ4n) is 1.63. The molecular weight excluding hydrogens is 170 g/mol. The molecule has 0 saturated heterocycles. The molecule has 14 heavy (non-hydrogen) atoms. The molecule has 0 N–H and O–H groups in total. The number of rotatable bonds is 0. The summed E-state index contributed by atoms with van der Waals surface area (Å²) in [6.45, 7) is 0. The Hall–Kier alpha value is -1.89. The molecule has 3 rings (SSSR count). The van der Waals surface area contributed by atoms with E-state index in [1.54, 1.807) is 0 Å². The van der Waals surface area contributed by atoms with E-state index in [4.69, 9.17) is 0 Å². The van der Waals surface area contributed by atoms with Gasteiger partial charge < -0.3 is 0 Å². The van der Waals surface area contributed by atoms with E-state index in [1.807, 2.05) is 48.5 Å². The number of nitrogens with zero attached hydrogens (tertiary/aromatic N) is 1. The average Bonchev–Trinajstić information content (AvgIpc) is 2.26. The smallest absolute Gasteiger partial charge is 0.0715 e. The van der Waals surface area contributed by atoms with Crippen LogP contribution in [0.3, 0.4) is 0 Å². The number of aromatic nitrogens is 1. The van der Waals surface area contributed by atoms with Crippen LogP contribution in [0.4, 0.5) is 0 Å². The van der Waals surface area contributed by atoms with Gasteiger partial charge in [-0.3, -0.25) is 0 Å². The Bertz CT molecular complexity index is 494. The Morgan fingerprint density at radius 3 is 1.79 bits per heavy atom. The van der Waals surface area contributed by atoms with Gasteiger partial charge in [0.1, 0.15) is 0 Å². The van der Waals surface area contributed by atoms with E-state index in [0.717, 1.165) is 21.8 Å². The van der Waals surface area contributed by atoms with Gasteiger partial charge in [-0.25, -0.2) is 4.98 Å². The van der Waals surface area contributed by atoms with Gasteiger partial charge in [0.25, 0.3) is 0 Å². The molecule has 0 fully saturated rings. The lowest BCUT2D eigenvalue weighted by Gasteiger charge is -1.99. The van der Waals surface area contributed by atoms with Gasteiger partial charge in [-0.1, -0.05) is 36.4 Å². The van der Waals surface area contributed by atoms with E-state index < -0.39 is 0 Å². The van der Waals surface area contributed by atoms with Crippen molar-refractivity contribution >= 4 is 21.8 Å². The molecule has 1 aromatic heterocycles. The van der Waals surface area contributed by atoms with Gasteiger partial charge in [0.15, 0.2) is 0 Å². The summed E-state index contributed by atoms with van der Waals surface area (Å²) in [5.74, 6) is 0. The molecule has 3 aromatic rings. The van der Waals surface area contributed by atoms with Crippen LogP contribution in [0.5, 0.6) is 0 Å². The summed E-state index contributed by atoms with van der Waals surface area (Å²) in [6.07, 6.45) is 0. The maximum Gasteiger partial charge on any atom is 0.0715 e. The van der Waals surface area contributed by atoms with E-state index >= 15 is 0 Å². The topological polar surface area (TPSA) is 12.9 Å². The van der Waals surface area contributed by atoms with Crippen molar-refractivity contribution in [3.63, 3.8) is 0 Å². The fraction of sp³-hybridized carbons (Fsp3) is 0. The van der Waals surface area contributed by atoms with Crippen molar-refractivity contribution in [1.82, 2.24) is 4.98 Å². The summed E-state index contributed by atoms with van der Waals surface area (Å²) in [4.78, 5) is 4.55. The molecule has 2 aromatic carbocycles. The maximum atomic E-state index is 4.55. The number of benzene rings is 2. The quantitative estimate of drug-likeness (QED) is 0.482. The van der Waals surface area contributed by atoms with Crippen LogP contribution < -0.4 is 0 Å². The Kier molecular flexibility index (Phi) is 1.51. The number of fused-ring (bicyclic) bond motifs is 2. The van der Waals surface area contributed by atoms with E-state index in [9.17, 15) is 0 Å². The standard InChI is InChI=1S/C13H8N/c1-3-7-12-10(5-1)9-11-6-2-4-8-13(11)14-12/h1-8H. The van der Waals surface area contributed by atoms with Crippen LogP contribution in [0.25, 0.3) is 21.8 Å². The fourth-order valence-corrected chi connectivity index (χ4v) is 1.63. The molecule has 0 saturated carbocycles.